The van der Waals surface area contributed by atoms with Crippen LogP contribution < -0.4 is 0 Å². The summed E-state index contributed by atoms with van der Waals surface area (Å²) >= 11 is 3.32. The Bertz CT molecular complexity index is 867. The molecule has 2 aromatic carbocycles. The Balaban J connectivity index is 1.92. The van der Waals surface area contributed by atoms with Crippen LogP contribution in [-0.2, 0) is 4.79 Å². The number of aromatic nitrogens is 1. The van der Waals surface area contributed by atoms with Gasteiger partial charge in [0.1, 0.15) is 0 Å². The van der Waals surface area contributed by atoms with Gasteiger partial charge in [0.25, 0.3) is 0 Å². The smallest absolute Gasteiger partial charge is 0.311 e. The molecule has 0 aliphatic rings. The van der Waals surface area contributed by atoms with E-state index in [9.17, 15) is 14.7 Å². The zero-order chi connectivity index (χ0) is 16.4. The van der Waals surface area contributed by atoms with Crippen LogP contribution in [0.25, 0.3) is 10.9 Å². The second-order valence-corrected chi connectivity index (χ2v) is 6.23. The first-order valence-electron chi connectivity index (χ1n) is 7.14. The minimum Gasteiger partial charge on any atom is -0.481 e. The van der Waals surface area contributed by atoms with Gasteiger partial charge >= 0.3 is 5.97 Å². The van der Waals surface area contributed by atoms with Gasteiger partial charge in [0.15, 0.2) is 5.78 Å². The number of ketones is 1. The lowest BCUT2D eigenvalue weighted by atomic mass is 9.91. The average Bonchev–Trinajstić information content (AvgIpc) is 2.96. The summed E-state index contributed by atoms with van der Waals surface area (Å²) < 4.78 is 0.875. The highest BCUT2D eigenvalue weighted by Gasteiger charge is 2.26. The Labute approximate surface area is 141 Å². The first kappa shape index (κ1) is 15.5. The van der Waals surface area contributed by atoms with Crippen LogP contribution in [0.2, 0.25) is 0 Å². The third kappa shape index (κ3) is 3.19. The fraction of sp³-hybridized carbons (Fsp3) is 0.111. The normalized spacial score (nSPS) is 12.2. The van der Waals surface area contributed by atoms with Crippen LogP contribution in [0.3, 0.4) is 0 Å². The number of carbonyl (C=O) groups excluding carboxylic acids is 1. The van der Waals surface area contributed by atoms with Crippen molar-refractivity contribution >= 4 is 38.6 Å². The Morgan fingerprint density at radius 2 is 1.78 bits per heavy atom. The highest BCUT2D eigenvalue weighted by Crippen LogP contribution is 2.29. The number of fused-ring (bicyclic) bond motifs is 1. The van der Waals surface area contributed by atoms with E-state index in [-0.39, 0.29) is 12.2 Å². The number of halogens is 1. The standard InChI is InChI=1S/C18H14BrNO3/c19-12-7-5-11(6-8-12)17(21)9-14(18(22)23)15-10-20-16-4-2-1-3-13(15)16/h1-8,10,14,20H,9H2,(H,22,23)/t14-/m0/s1. The molecule has 0 aliphatic carbocycles. The van der Waals surface area contributed by atoms with Crippen LogP contribution in [0, 0.1) is 0 Å². The van der Waals surface area contributed by atoms with Gasteiger partial charge in [-0.2, -0.15) is 0 Å². The lowest BCUT2D eigenvalue weighted by molar-refractivity contribution is -0.138. The minimum atomic E-state index is -1.000. The van der Waals surface area contributed by atoms with Crippen LogP contribution in [0.1, 0.15) is 28.3 Å². The molecule has 0 bridgehead atoms. The van der Waals surface area contributed by atoms with Crippen molar-refractivity contribution in [2.24, 2.45) is 0 Å². The first-order valence-corrected chi connectivity index (χ1v) is 7.93. The molecule has 1 heterocycles. The van der Waals surface area contributed by atoms with Crippen LogP contribution in [0.5, 0.6) is 0 Å². The molecular weight excluding hydrogens is 358 g/mol. The first-order chi connectivity index (χ1) is 11.1. The molecule has 4 nitrogen and oxygen atoms in total. The molecule has 2 N–H and O–H groups in total. The van der Waals surface area contributed by atoms with Crippen molar-refractivity contribution in [3.63, 3.8) is 0 Å². The summed E-state index contributed by atoms with van der Waals surface area (Å²) in [7, 11) is 0. The second kappa shape index (κ2) is 6.38. The van der Waals surface area contributed by atoms with Crippen LogP contribution in [0.4, 0.5) is 0 Å². The van der Waals surface area contributed by atoms with E-state index in [1.54, 1.807) is 30.5 Å². The molecule has 3 rings (SSSR count). The predicted molar refractivity (Wildman–Crippen MR) is 91.8 cm³/mol. The van der Waals surface area contributed by atoms with Crippen LogP contribution >= 0.6 is 15.9 Å². The van der Waals surface area contributed by atoms with E-state index < -0.39 is 11.9 Å². The number of carboxylic acids is 1. The number of hydrogen-bond acceptors (Lipinski definition) is 2. The van der Waals surface area contributed by atoms with E-state index in [1.165, 1.54) is 0 Å². The van der Waals surface area contributed by atoms with Gasteiger partial charge in [-0.1, -0.05) is 46.3 Å². The molecule has 0 saturated carbocycles. The molecular formula is C18H14BrNO3. The Morgan fingerprint density at radius 1 is 1.09 bits per heavy atom. The molecule has 0 amide bonds. The molecule has 0 radical (unpaired) electrons. The quantitative estimate of drug-likeness (QED) is 0.654. The fourth-order valence-corrected chi connectivity index (χ4v) is 2.92. The summed E-state index contributed by atoms with van der Waals surface area (Å²) in [6.07, 6.45) is 1.61. The number of aliphatic carboxylic acids is 1. The number of aromatic amines is 1. The third-order valence-electron chi connectivity index (χ3n) is 3.85. The van der Waals surface area contributed by atoms with Gasteiger partial charge in [0.05, 0.1) is 5.92 Å². The second-order valence-electron chi connectivity index (χ2n) is 5.31. The molecule has 23 heavy (non-hydrogen) atoms. The molecule has 116 valence electrons. The van der Waals surface area contributed by atoms with Crippen molar-refractivity contribution in [3.05, 3.63) is 70.3 Å². The van der Waals surface area contributed by atoms with E-state index in [1.807, 2.05) is 24.3 Å². The van der Waals surface area contributed by atoms with Crippen molar-refractivity contribution in [2.45, 2.75) is 12.3 Å². The molecule has 0 spiro atoms. The Kier molecular flexibility index (Phi) is 4.30. The topological polar surface area (TPSA) is 70.2 Å². The Morgan fingerprint density at radius 3 is 2.48 bits per heavy atom. The number of H-pyrrole nitrogens is 1. The van der Waals surface area contributed by atoms with Crippen molar-refractivity contribution in [1.29, 1.82) is 0 Å². The van der Waals surface area contributed by atoms with Gasteiger partial charge in [-0.15, -0.1) is 0 Å². The molecule has 0 fully saturated rings. The van der Waals surface area contributed by atoms with E-state index in [2.05, 4.69) is 20.9 Å². The van der Waals surface area contributed by atoms with E-state index >= 15 is 0 Å². The summed E-state index contributed by atoms with van der Waals surface area (Å²) in [6, 6.07) is 14.4. The zero-order valence-electron chi connectivity index (χ0n) is 12.1. The predicted octanol–water partition coefficient (Wildman–Crippen LogP) is 4.37. The minimum absolute atomic E-state index is 0.0706. The summed E-state index contributed by atoms with van der Waals surface area (Å²) in [6.45, 7) is 0. The fourth-order valence-electron chi connectivity index (χ4n) is 2.65. The third-order valence-corrected chi connectivity index (χ3v) is 4.38. The number of carboxylic acid groups (broad SMARTS) is 1. The van der Waals surface area contributed by atoms with Gasteiger partial charge in [-0.3, -0.25) is 9.59 Å². The van der Waals surface area contributed by atoms with Crippen LogP contribution in [-0.4, -0.2) is 21.8 Å². The maximum Gasteiger partial charge on any atom is 0.311 e. The molecule has 0 aliphatic heterocycles. The number of para-hydroxylation sites is 1. The lowest BCUT2D eigenvalue weighted by Gasteiger charge is -2.11. The van der Waals surface area contributed by atoms with E-state index in [0.29, 0.717) is 11.1 Å². The number of carbonyl (C=O) groups is 2. The van der Waals surface area contributed by atoms with Crippen molar-refractivity contribution in [3.8, 4) is 0 Å². The van der Waals surface area contributed by atoms with Gasteiger partial charge in [0, 0.05) is 33.6 Å². The largest absolute Gasteiger partial charge is 0.481 e. The summed E-state index contributed by atoms with van der Waals surface area (Å²) in [5, 5.41) is 10.4. The zero-order valence-corrected chi connectivity index (χ0v) is 13.7. The highest BCUT2D eigenvalue weighted by atomic mass is 79.9. The highest BCUT2D eigenvalue weighted by molar-refractivity contribution is 9.10. The van der Waals surface area contributed by atoms with Gasteiger partial charge in [-0.05, 0) is 23.8 Å². The van der Waals surface area contributed by atoms with Gasteiger partial charge in [-0.25, -0.2) is 0 Å². The number of rotatable bonds is 5. The average molecular weight is 372 g/mol. The van der Waals surface area contributed by atoms with Gasteiger partial charge in [0.2, 0.25) is 0 Å². The molecule has 1 atom stereocenters. The van der Waals surface area contributed by atoms with Crippen molar-refractivity contribution < 1.29 is 14.7 Å². The maximum atomic E-state index is 12.4. The number of nitrogens with one attached hydrogen (secondary N) is 1. The van der Waals surface area contributed by atoms with Crippen molar-refractivity contribution in [1.82, 2.24) is 4.98 Å². The number of hydrogen-bond donors (Lipinski definition) is 2. The lowest BCUT2D eigenvalue weighted by Crippen LogP contribution is -2.16. The molecule has 0 saturated heterocycles. The molecule has 0 unspecified atom stereocenters. The van der Waals surface area contributed by atoms with E-state index in [0.717, 1.165) is 15.4 Å². The number of Topliss-reactive ketones (excluding diaryl/α,β-unsaturated/α-hetero) is 1. The van der Waals surface area contributed by atoms with E-state index in [4.69, 9.17) is 0 Å². The summed E-state index contributed by atoms with van der Waals surface area (Å²) in [4.78, 5) is 27.2. The SMILES string of the molecule is O=C(C[C@H](C(=O)O)c1c[nH]c2ccccc12)c1ccc(Br)cc1. The monoisotopic (exact) mass is 371 g/mol. The number of benzene rings is 2. The van der Waals surface area contributed by atoms with Crippen LogP contribution in [0.15, 0.2) is 59.2 Å². The van der Waals surface area contributed by atoms with Gasteiger partial charge < -0.3 is 10.1 Å². The Hall–Kier alpha value is -2.40. The summed E-state index contributed by atoms with van der Waals surface area (Å²) in [5.74, 6) is -2.06. The summed E-state index contributed by atoms with van der Waals surface area (Å²) in [5.41, 5.74) is 2.02. The molecule has 3 aromatic rings. The molecule has 1 aromatic heterocycles. The maximum absolute atomic E-state index is 12.4. The molecule has 5 heteroatoms. The van der Waals surface area contributed by atoms with Crippen molar-refractivity contribution in [2.75, 3.05) is 0 Å².